The fraction of sp³-hybridized carbons (Fsp3) is 0.273. The number of hydrogen-bond acceptors (Lipinski definition) is 4. The Balaban J connectivity index is 1.85. The maximum atomic E-state index is 12.8. The van der Waals surface area contributed by atoms with Crippen molar-refractivity contribution in [2.45, 2.75) is 20.8 Å². The Bertz CT molecular complexity index is 1020. The van der Waals surface area contributed by atoms with Crippen LogP contribution in [0.1, 0.15) is 40.3 Å². The normalized spacial score (nSPS) is 10.7. The summed E-state index contributed by atoms with van der Waals surface area (Å²) in [7, 11) is 1.59. The molecule has 0 bridgehead atoms. The van der Waals surface area contributed by atoms with Gasteiger partial charge in [0.1, 0.15) is 11.3 Å². The first-order valence-electron chi connectivity index (χ1n) is 9.26. The summed E-state index contributed by atoms with van der Waals surface area (Å²) in [6.45, 7) is 6.97. The van der Waals surface area contributed by atoms with Crippen LogP contribution in [-0.4, -0.2) is 36.9 Å². The molecule has 0 atom stereocenters. The van der Waals surface area contributed by atoms with Crippen LogP contribution >= 0.6 is 0 Å². The molecule has 1 N–H and O–H groups in total. The number of carbonyl (C=O) groups is 2. The van der Waals surface area contributed by atoms with Crippen molar-refractivity contribution in [3.8, 4) is 5.75 Å². The van der Waals surface area contributed by atoms with Gasteiger partial charge in [-0.1, -0.05) is 6.07 Å². The molecule has 2 aromatic carbocycles. The van der Waals surface area contributed by atoms with E-state index in [1.165, 1.54) is 0 Å². The van der Waals surface area contributed by atoms with E-state index in [-0.39, 0.29) is 17.6 Å². The summed E-state index contributed by atoms with van der Waals surface area (Å²) in [4.78, 5) is 27.0. The van der Waals surface area contributed by atoms with E-state index in [1.807, 2.05) is 26.8 Å². The molecule has 1 heterocycles. The van der Waals surface area contributed by atoms with Gasteiger partial charge < -0.3 is 19.4 Å². The van der Waals surface area contributed by atoms with Crippen molar-refractivity contribution >= 4 is 28.5 Å². The fourth-order valence-electron chi connectivity index (χ4n) is 3.15. The van der Waals surface area contributed by atoms with Crippen LogP contribution in [0.3, 0.4) is 0 Å². The molecule has 6 heteroatoms. The van der Waals surface area contributed by atoms with Crippen molar-refractivity contribution < 1.29 is 18.7 Å². The van der Waals surface area contributed by atoms with E-state index in [0.717, 1.165) is 10.9 Å². The second-order valence-corrected chi connectivity index (χ2v) is 6.43. The Hall–Kier alpha value is -3.28. The van der Waals surface area contributed by atoms with Crippen LogP contribution < -0.4 is 10.1 Å². The number of nitrogens with one attached hydrogen (secondary N) is 1. The van der Waals surface area contributed by atoms with Crippen molar-refractivity contribution in [2.24, 2.45) is 0 Å². The highest BCUT2D eigenvalue weighted by Gasteiger charge is 2.19. The first-order valence-corrected chi connectivity index (χ1v) is 9.26. The molecular formula is C22H24N2O4. The number of ether oxygens (including phenoxy) is 1. The molecule has 0 aliphatic rings. The molecule has 1 aromatic heterocycles. The molecular weight excluding hydrogens is 356 g/mol. The second-order valence-electron chi connectivity index (χ2n) is 6.43. The maximum Gasteiger partial charge on any atom is 0.291 e. The summed E-state index contributed by atoms with van der Waals surface area (Å²) in [6, 6.07) is 12.3. The quantitative estimate of drug-likeness (QED) is 0.684. The summed E-state index contributed by atoms with van der Waals surface area (Å²) in [6.07, 6.45) is 0. The predicted molar refractivity (Wildman–Crippen MR) is 109 cm³/mol. The zero-order chi connectivity index (χ0) is 20.3. The van der Waals surface area contributed by atoms with Crippen molar-refractivity contribution in [3.05, 3.63) is 59.4 Å². The number of nitrogens with zero attached hydrogens (tertiary/aromatic N) is 1. The van der Waals surface area contributed by atoms with Crippen LogP contribution in [0.15, 0.2) is 46.9 Å². The van der Waals surface area contributed by atoms with Crippen LogP contribution in [0, 0.1) is 6.92 Å². The minimum atomic E-state index is -0.361. The summed E-state index contributed by atoms with van der Waals surface area (Å²) >= 11 is 0. The van der Waals surface area contributed by atoms with Gasteiger partial charge in [-0.05, 0) is 57.2 Å². The van der Waals surface area contributed by atoms with Gasteiger partial charge in [0.15, 0.2) is 5.76 Å². The number of hydrogen-bond donors (Lipinski definition) is 1. The first kappa shape index (κ1) is 19.5. The van der Waals surface area contributed by atoms with Gasteiger partial charge >= 0.3 is 0 Å². The highest BCUT2D eigenvalue weighted by Crippen LogP contribution is 2.29. The molecule has 2 amide bonds. The van der Waals surface area contributed by atoms with Gasteiger partial charge in [-0.15, -0.1) is 0 Å². The van der Waals surface area contributed by atoms with Gasteiger partial charge in [0, 0.05) is 35.3 Å². The predicted octanol–water partition coefficient (Wildman–Crippen LogP) is 4.48. The number of benzene rings is 2. The van der Waals surface area contributed by atoms with E-state index >= 15 is 0 Å². The van der Waals surface area contributed by atoms with Gasteiger partial charge in [0.2, 0.25) is 0 Å². The minimum absolute atomic E-state index is 0.0619. The maximum absolute atomic E-state index is 12.8. The fourth-order valence-corrected chi connectivity index (χ4v) is 3.15. The van der Waals surface area contributed by atoms with Crippen LogP contribution in [0.25, 0.3) is 11.0 Å². The zero-order valence-corrected chi connectivity index (χ0v) is 16.5. The van der Waals surface area contributed by atoms with Crippen molar-refractivity contribution in [2.75, 3.05) is 25.5 Å². The number of anilines is 1. The van der Waals surface area contributed by atoms with E-state index in [2.05, 4.69) is 5.32 Å². The molecule has 3 aromatic rings. The number of methoxy groups -OCH3 is 1. The van der Waals surface area contributed by atoms with E-state index in [1.54, 1.807) is 48.4 Å². The minimum Gasteiger partial charge on any atom is -0.497 e. The van der Waals surface area contributed by atoms with Crippen LogP contribution in [0.5, 0.6) is 5.75 Å². The standard InChI is InChI=1S/C22H24N2O4/c1-5-24(6-2)22(26)15-8-7-9-16(12-15)23-21(25)20-14(3)18-13-17(27-4)10-11-19(18)28-20/h7-13H,5-6H2,1-4H3,(H,23,25). The number of carbonyl (C=O) groups excluding carboxylic acids is 2. The molecule has 3 rings (SSSR count). The Kier molecular flexibility index (Phi) is 5.68. The van der Waals surface area contributed by atoms with Crippen molar-refractivity contribution in [3.63, 3.8) is 0 Å². The molecule has 0 aliphatic heterocycles. The summed E-state index contributed by atoms with van der Waals surface area (Å²) < 4.78 is 11.0. The van der Waals surface area contributed by atoms with Gasteiger partial charge in [0.05, 0.1) is 7.11 Å². The van der Waals surface area contributed by atoms with E-state index in [0.29, 0.717) is 35.7 Å². The number of rotatable bonds is 6. The SMILES string of the molecule is CCN(CC)C(=O)c1cccc(NC(=O)c2oc3ccc(OC)cc3c2C)c1. The largest absolute Gasteiger partial charge is 0.497 e. The number of fused-ring (bicyclic) bond motifs is 1. The first-order chi connectivity index (χ1) is 13.5. The summed E-state index contributed by atoms with van der Waals surface area (Å²) in [5.41, 5.74) is 2.43. The molecule has 6 nitrogen and oxygen atoms in total. The number of furan rings is 1. The third-order valence-electron chi connectivity index (χ3n) is 4.77. The van der Waals surface area contributed by atoms with Crippen molar-refractivity contribution in [1.29, 1.82) is 0 Å². The Morgan fingerprint density at radius 3 is 2.54 bits per heavy atom. The average molecular weight is 380 g/mol. The van der Waals surface area contributed by atoms with Gasteiger partial charge in [-0.25, -0.2) is 0 Å². The van der Waals surface area contributed by atoms with Gasteiger partial charge in [-0.3, -0.25) is 9.59 Å². The molecule has 0 unspecified atom stereocenters. The highest BCUT2D eigenvalue weighted by molar-refractivity contribution is 6.07. The number of amides is 2. The lowest BCUT2D eigenvalue weighted by Crippen LogP contribution is -2.30. The van der Waals surface area contributed by atoms with Crippen LogP contribution in [-0.2, 0) is 0 Å². The third kappa shape index (κ3) is 3.71. The molecule has 0 saturated heterocycles. The zero-order valence-electron chi connectivity index (χ0n) is 16.5. The molecule has 0 aliphatic carbocycles. The third-order valence-corrected chi connectivity index (χ3v) is 4.77. The average Bonchev–Trinajstić information content (AvgIpc) is 3.05. The van der Waals surface area contributed by atoms with E-state index in [9.17, 15) is 9.59 Å². The lowest BCUT2D eigenvalue weighted by atomic mass is 10.1. The smallest absolute Gasteiger partial charge is 0.291 e. The highest BCUT2D eigenvalue weighted by atomic mass is 16.5. The van der Waals surface area contributed by atoms with Crippen LogP contribution in [0.2, 0.25) is 0 Å². The molecule has 146 valence electrons. The molecule has 28 heavy (non-hydrogen) atoms. The van der Waals surface area contributed by atoms with Crippen molar-refractivity contribution in [1.82, 2.24) is 4.90 Å². The molecule has 0 spiro atoms. The molecule has 0 saturated carbocycles. The molecule has 0 fully saturated rings. The Morgan fingerprint density at radius 2 is 1.86 bits per heavy atom. The summed E-state index contributed by atoms with van der Waals surface area (Å²) in [5, 5.41) is 3.65. The Morgan fingerprint density at radius 1 is 1.11 bits per heavy atom. The summed E-state index contributed by atoms with van der Waals surface area (Å²) in [5.74, 6) is 0.517. The van der Waals surface area contributed by atoms with Crippen LogP contribution in [0.4, 0.5) is 5.69 Å². The molecule has 0 radical (unpaired) electrons. The Labute approximate surface area is 164 Å². The van der Waals surface area contributed by atoms with E-state index in [4.69, 9.17) is 9.15 Å². The second kappa shape index (κ2) is 8.17. The van der Waals surface area contributed by atoms with E-state index < -0.39 is 0 Å². The monoisotopic (exact) mass is 380 g/mol. The number of aryl methyl sites for hydroxylation is 1. The topological polar surface area (TPSA) is 71.8 Å². The van der Waals surface area contributed by atoms with Gasteiger partial charge in [-0.2, -0.15) is 0 Å². The lowest BCUT2D eigenvalue weighted by molar-refractivity contribution is 0.0772. The van der Waals surface area contributed by atoms with Gasteiger partial charge in [0.25, 0.3) is 11.8 Å². The lowest BCUT2D eigenvalue weighted by Gasteiger charge is -2.18.